The summed E-state index contributed by atoms with van der Waals surface area (Å²) in [5.41, 5.74) is 0. The van der Waals surface area contributed by atoms with Gasteiger partial charge in [0.2, 0.25) is 5.91 Å². The minimum atomic E-state index is -0.244. The maximum absolute atomic E-state index is 10.9. The normalized spacial score (nSPS) is 9.36. The van der Waals surface area contributed by atoms with Crippen LogP contribution in [-0.2, 0) is 9.59 Å². The van der Waals surface area contributed by atoms with Gasteiger partial charge in [-0.2, -0.15) is 0 Å². The first-order valence-electron chi connectivity index (χ1n) is 3.42. The van der Waals surface area contributed by atoms with E-state index in [1.54, 1.807) is 7.05 Å². The number of aliphatic hydroxyl groups is 1. The second kappa shape index (κ2) is 4.85. The number of ketones is 1. The van der Waals surface area contributed by atoms with Crippen molar-refractivity contribution in [2.45, 2.75) is 13.3 Å². The molecule has 0 aromatic carbocycles. The lowest BCUT2D eigenvalue weighted by atomic mass is 10.3. The summed E-state index contributed by atoms with van der Waals surface area (Å²) < 4.78 is 0. The fourth-order valence-electron chi connectivity index (χ4n) is 0.623. The average molecular weight is 159 g/mol. The summed E-state index contributed by atoms with van der Waals surface area (Å²) in [6, 6.07) is 0. The van der Waals surface area contributed by atoms with E-state index < -0.39 is 0 Å². The fourth-order valence-corrected chi connectivity index (χ4v) is 0.623. The van der Waals surface area contributed by atoms with Crippen LogP contribution in [0.15, 0.2) is 0 Å². The van der Waals surface area contributed by atoms with E-state index in [2.05, 4.69) is 0 Å². The van der Waals surface area contributed by atoms with Crippen LogP contribution in [0.5, 0.6) is 0 Å². The molecule has 0 saturated carbocycles. The molecule has 0 heterocycles. The molecule has 0 bridgehead atoms. The molecule has 0 unspecified atom stereocenters. The topological polar surface area (TPSA) is 57.6 Å². The Morgan fingerprint density at radius 1 is 1.45 bits per heavy atom. The highest BCUT2D eigenvalue weighted by Gasteiger charge is 2.09. The quantitative estimate of drug-likeness (QED) is 0.558. The van der Waals surface area contributed by atoms with Gasteiger partial charge in [0.1, 0.15) is 5.78 Å². The van der Waals surface area contributed by atoms with Gasteiger partial charge in [-0.3, -0.25) is 9.59 Å². The van der Waals surface area contributed by atoms with E-state index in [9.17, 15) is 9.59 Å². The molecule has 0 aromatic heterocycles. The van der Waals surface area contributed by atoms with Gasteiger partial charge >= 0.3 is 0 Å². The van der Waals surface area contributed by atoms with Crippen molar-refractivity contribution in [3.05, 3.63) is 0 Å². The number of hydrogen-bond donors (Lipinski definition) is 1. The first-order chi connectivity index (χ1) is 5.07. The molecule has 0 aromatic rings. The number of likely N-dealkylation sites (N-methyl/N-ethyl adjacent to an activating group) is 1. The Labute approximate surface area is 65.8 Å². The zero-order chi connectivity index (χ0) is 8.85. The van der Waals surface area contributed by atoms with Crippen LogP contribution in [0.2, 0.25) is 0 Å². The molecule has 0 aliphatic carbocycles. The summed E-state index contributed by atoms with van der Waals surface area (Å²) >= 11 is 0. The molecule has 1 N–H and O–H groups in total. The first kappa shape index (κ1) is 10.1. The Kier molecular flexibility index (Phi) is 4.45. The number of Topliss-reactive ketones (excluding diaryl/α,β-unsaturated/α-hetero) is 1. The molecular formula is C7H13NO3. The van der Waals surface area contributed by atoms with Gasteiger partial charge in [-0.1, -0.05) is 0 Å². The summed E-state index contributed by atoms with van der Waals surface area (Å²) in [6.45, 7) is 1.58. The molecule has 0 aliphatic heterocycles. The van der Waals surface area contributed by atoms with Crippen molar-refractivity contribution in [1.29, 1.82) is 0 Å². The molecule has 64 valence electrons. The van der Waals surface area contributed by atoms with E-state index in [0.717, 1.165) is 0 Å². The monoisotopic (exact) mass is 159 g/mol. The highest BCUT2D eigenvalue weighted by Crippen LogP contribution is 1.90. The Morgan fingerprint density at radius 3 is 2.36 bits per heavy atom. The van der Waals surface area contributed by atoms with Crippen LogP contribution in [0, 0.1) is 0 Å². The molecule has 11 heavy (non-hydrogen) atoms. The van der Waals surface area contributed by atoms with Crippen LogP contribution in [0.25, 0.3) is 0 Å². The maximum Gasteiger partial charge on any atom is 0.229 e. The summed E-state index contributed by atoms with van der Waals surface area (Å²) in [6.07, 6.45) is -0.0729. The van der Waals surface area contributed by atoms with Crippen molar-refractivity contribution in [2.75, 3.05) is 20.2 Å². The SMILES string of the molecule is CC(=O)CC(=O)N(C)CCO. The van der Waals surface area contributed by atoms with Crippen LogP contribution < -0.4 is 0 Å². The summed E-state index contributed by atoms with van der Waals surface area (Å²) in [4.78, 5) is 22.7. The van der Waals surface area contributed by atoms with Gasteiger partial charge in [0.05, 0.1) is 13.0 Å². The number of hydrogen-bond acceptors (Lipinski definition) is 3. The standard InChI is InChI=1S/C7H13NO3/c1-6(10)5-7(11)8(2)3-4-9/h9H,3-5H2,1-2H3. The Balaban J connectivity index is 3.73. The van der Waals surface area contributed by atoms with Gasteiger partial charge in [0.15, 0.2) is 0 Å². The number of rotatable bonds is 4. The highest BCUT2D eigenvalue weighted by molar-refractivity contribution is 5.96. The third kappa shape index (κ3) is 4.50. The van der Waals surface area contributed by atoms with Gasteiger partial charge in [0, 0.05) is 13.6 Å². The molecule has 0 atom stereocenters. The van der Waals surface area contributed by atoms with Crippen molar-refractivity contribution in [1.82, 2.24) is 4.90 Å². The number of aliphatic hydroxyl groups excluding tert-OH is 1. The van der Waals surface area contributed by atoms with Crippen molar-refractivity contribution in [2.24, 2.45) is 0 Å². The molecule has 0 rings (SSSR count). The Morgan fingerprint density at radius 2 is 2.00 bits per heavy atom. The number of amides is 1. The summed E-state index contributed by atoms with van der Waals surface area (Å²) in [5.74, 6) is -0.397. The van der Waals surface area contributed by atoms with Gasteiger partial charge < -0.3 is 10.0 Å². The van der Waals surface area contributed by atoms with Gasteiger partial charge in [-0.05, 0) is 6.92 Å². The van der Waals surface area contributed by atoms with Crippen LogP contribution in [-0.4, -0.2) is 41.9 Å². The number of carbonyl (C=O) groups is 2. The van der Waals surface area contributed by atoms with Crippen LogP contribution in [0.4, 0.5) is 0 Å². The largest absolute Gasteiger partial charge is 0.395 e. The van der Waals surface area contributed by atoms with Crippen LogP contribution >= 0.6 is 0 Å². The smallest absolute Gasteiger partial charge is 0.229 e. The lowest BCUT2D eigenvalue weighted by molar-refractivity contribution is -0.134. The lowest BCUT2D eigenvalue weighted by Crippen LogP contribution is -2.30. The van der Waals surface area contributed by atoms with E-state index in [-0.39, 0.29) is 31.3 Å². The minimum absolute atomic E-state index is 0.0693. The number of nitrogens with zero attached hydrogens (tertiary/aromatic N) is 1. The van der Waals surface area contributed by atoms with Gasteiger partial charge in [0.25, 0.3) is 0 Å². The van der Waals surface area contributed by atoms with Crippen molar-refractivity contribution < 1.29 is 14.7 Å². The Bertz CT molecular complexity index is 156. The lowest BCUT2D eigenvalue weighted by Gasteiger charge is -2.13. The minimum Gasteiger partial charge on any atom is -0.395 e. The molecule has 4 heteroatoms. The van der Waals surface area contributed by atoms with E-state index in [4.69, 9.17) is 5.11 Å². The Hall–Kier alpha value is -0.900. The van der Waals surface area contributed by atoms with Gasteiger partial charge in [-0.15, -0.1) is 0 Å². The summed E-state index contributed by atoms with van der Waals surface area (Å²) in [7, 11) is 1.56. The predicted octanol–water partition coefficient (Wildman–Crippen LogP) is -0.584. The molecule has 0 saturated heterocycles. The third-order valence-corrected chi connectivity index (χ3v) is 1.26. The molecule has 0 radical (unpaired) electrons. The predicted molar refractivity (Wildman–Crippen MR) is 40.0 cm³/mol. The molecule has 1 amide bonds. The fraction of sp³-hybridized carbons (Fsp3) is 0.714. The number of carbonyl (C=O) groups excluding carboxylic acids is 2. The van der Waals surface area contributed by atoms with Crippen LogP contribution in [0.3, 0.4) is 0 Å². The van der Waals surface area contributed by atoms with Crippen molar-refractivity contribution in [3.8, 4) is 0 Å². The van der Waals surface area contributed by atoms with E-state index in [1.807, 2.05) is 0 Å². The molecule has 0 fully saturated rings. The highest BCUT2D eigenvalue weighted by atomic mass is 16.3. The maximum atomic E-state index is 10.9. The molecule has 0 aliphatic rings. The zero-order valence-corrected chi connectivity index (χ0v) is 6.83. The van der Waals surface area contributed by atoms with Crippen molar-refractivity contribution >= 4 is 11.7 Å². The first-order valence-corrected chi connectivity index (χ1v) is 3.42. The summed E-state index contributed by atoms with van der Waals surface area (Å²) in [5, 5.41) is 8.44. The van der Waals surface area contributed by atoms with E-state index in [1.165, 1.54) is 11.8 Å². The van der Waals surface area contributed by atoms with Crippen molar-refractivity contribution in [3.63, 3.8) is 0 Å². The molecular weight excluding hydrogens is 146 g/mol. The van der Waals surface area contributed by atoms with E-state index >= 15 is 0 Å². The second-order valence-corrected chi connectivity index (χ2v) is 2.42. The van der Waals surface area contributed by atoms with Gasteiger partial charge in [-0.25, -0.2) is 0 Å². The molecule has 4 nitrogen and oxygen atoms in total. The van der Waals surface area contributed by atoms with E-state index in [0.29, 0.717) is 0 Å². The third-order valence-electron chi connectivity index (χ3n) is 1.26. The zero-order valence-electron chi connectivity index (χ0n) is 6.83. The van der Waals surface area contributed by atoms with Crippen LogP contribution in [0.1, 0.15) is 13.3 Å². The molecule has 0 spiro atoms. The second-order valence-electron chi connectivity index (χ2n) is 2.42. The average Bonchev–Trinajstić information content (AvgIpc) is 1.86.